The van der Waals surface area contributed by atoms with Crippen molar-refractivity contribution in [1.82, 2.24) is 15.1 Å². The largest absolute Gasteiger partial charge is 0.320 e. The van der Waals surface area contributed by atoms with Crippen LogP contribution in [-0.2, 0) is 6.42 Å². The summed E-state index contributed by atoms with van der Waals surface area (Å²) < 4.78 is 41.2. The summed E-state index contributed by atoms with van der Waals surface area (Å²) in [6, 6.07) is 1.91. The Labute approximate surface area is 121 Å². The Bertz CT molecular complexity index is 627. The van der Waals surface area contributed by atoms with Gasteiger partial charge in [0.25, 0.3) is 0 Å². The number of aryl methyl sites for hydroxylation is 1. The Morgan fingerprint density at radius 3 is 2.33 bits per heavy atom. The standard InChI is InChI=1S/C15H18F3N3/c1-9-12(5-4-6-19-3)10(2)21(20-9)11-7-13(16)15(18)14(17)8-11/h7-8,19H,4-6H2,1-3H3. The number of aromatic nitrogens is 2. The van der Waals surface area contributed by atoms with Gasteiger partial charge in [0.05, 0.1) is 11.4 Å². The van der Waals surface area contributed by atoms with E-state index < -0.39 is 17.5 Å². The van der Waals surface area contributed by atoms with Crippen molar-refractivity contribution in [2.75, 3.05) is 13.6 Å². The molecule has 0 radical (unpaired) electrons. The third-order valence-corrected chi connectivity index (χ3v) is 3.51. The smallest absolute Gasteiger partial charge is 0.194 e. The first kappa shape index (κ1) is 15.6. The van der Waals surface area contributed by atoms with Crippen LogP contribution in [0.4, 0.5) is 13.2 Å². The summed E-state index contributed by atoms with van der Waals surface area (Å²) in [4.78, 5) is 0. The van der Waals surface area contributed by atoms with Crippen LogP contribution in [0.1, 0.15) is 23.4 Å². The monoisotopic (exact) mass is 297 g/mol. The number of hydrogen-bond donors (Lipinski definition) is 1. The van der Waals surface area contributed by atoms with Gasteiger partial charge in [0.1, 0.15) is 0 Å². The van der Waals surface area contributed by atoms with E-state index in [9.17, 15) is 13.2 Å². The zero-order valence-electron chi connectivity index (χ0n) is 12.3. The van der Waals surface area contributed by atoms with Crippen LogP contribution in [0.3, 0.4) is 0 Å². The van der Waals surface area contributed by atoms with Gasteiger partial charge < -0.3 is 5.32 Å². The van der Waals surface area contributed by atoms with Crippen LogP contribution < -0.4 is 5.32 Å². The first-order chi connectivity index (χ1) is 9.95. The van der Waals surface area contributed by atoms with Crippen LogP contribution in [0.2, 0.25) is 0 Å². The molecule has 0 bridgehead atoms. The number of nitrogens with zero attached hydrogens (tertiary/aromatic N) is 2. The van der Waals surface area contributed by atoms with Crippen molar-refractivity contribution in [3.8, 4) is 5.69 Å². The van der Waals surface area contributed by atoms with Gasteiger partial charge in [-0.2, -0.15) is 5.10 Å². The minimum absolute atomic E-state index is 0.187. The highest BCUT2D eigenvalue weighted by Gasteiger charge is 2.16. The third kappa shape index (κ3) is 3.10. The lowest BCUT2D eigenvalue weighted by atomic mass is 10.1. The SMILES string of the molecule is CNCCCc1c(C)nn(-c2cc(F)c(F)c(F)c2)c1C. The minimum atomic E-state index is -1.46. The topological polar surface area (TPSA) is 29.9 Å². The molecule has 2 rings (SSSR count). The maximum atomic E-state index is 13.3. The maximum absolute atomic E-state index is 13.3. The van der Waals surface area contributed by atoms with E-state index >= 15 is 0 Å². The summed E-state index contributed by atoms with van der Waals surface area (Å²) in [6.07, 6.45) is 1.76. The predicted molar refractivity (Wildman–Crippen MR) is 75.2 cm³/mol. The van der Waals surface area contributed by atoms with Crippen molar-refractivity contribution in [3.05, 3.63) is 46.5 Å². The van der Waals surface area contributed by atoms with Gasteiger partial charge in [0.15, 0.2) is 17.5 Å². The van der Waals surface area contributed by atoms with Gasteiger partial charge in [-0.1, -0.05) is 0 Å². The fourth-order valence-electron chi connectivity index (χ4n) is 2.39. The molecule has 0 aliphatic carbocycles. The molecule has 0 unspecified atom stereocenters. The molecule has 6 heteroatoms. The average Bonchev–Trinajstić information content (AvgIpc) is 2.72. The summed E-state index contributed by atoms with van der Waals surface area (Å²) in [6.45, 7) is 4.58. The molecule has 0 aliphatic heterocycles. The zero-order valence-corrected chi connectivity index (χ0v) is 12.3. The zero-order chi connectivity index (χ0) is 15.6. The number of hydrogen-bond acceptors (Lipinski definition) is 2. The van der Waals surface area contributed by atoms with Crippen molar-refractivity contribution >= 4 is 0 Å². The van der Waals surface area contributed by atoms with E-state index in [4.69, 9.17) is 0 Å². The Morgan fingerprint density at radius 1 is 1.14 bits per heavy atom. The fraction of sp³-hybridized carbons (Fsp3) is 0.400. The normalized spacial score (nSPS) is 11.1. The molecule has 0 saturated carbocycles. The summed E-state index contributed by atoms with van der Waals surface area (Å²) in [7, 11) is 1.88. The average molecular weight is 297 g/mol. The van der Waals surface area contributed by atoms with E-state index in [1.54, 1.807) is 0 Å². The lowest BCUT2D eigenvalue weighted by Crippen LogP contribution is -2.09. The molecule has 114 valence electrons. The predicted octanol–water partition coefficient (Wildman–Crippen LogP) is 3.06. The second-order valence-corrected chi connectivity index (χ2v) is 4.99. The van der Waals surface area contributed by atoms with Gasteiger partial charge in [0.2, 0.25) is 0 Å². The van der Waals surface area contributed by atoms with Crippen molar-refractivity contribution in [3.63, 3.8) is 0 Å². The molecule has 0 spiro atoms. The quantitative estimate of drug-likeness (QED) is 0.679. The molecule has 0 fully saturated rings. The molecule has 1 aromatic heterocycles. The van der Waals surface area contributed by atoms with Gasteiger partial charge in [0, 0.05) is 17.8 Å². The van der Waals surface area contributed by atoms with Gasteiger partial charge in [-0.25, -0.2) is 17.9 Å². The molecule has 1 N–H and O–H groups in total. The highest BCUT2D eigenvalue weighted by molar-refractivity contribution is 5.38. The highest BCUT2D eigenvalue weighted by atomic mass is 19.2. The molecular formula is C15H18F3N3. The van der Waals surface area contributed by atoms with Crippen LogP contribution in [0, 0.1) is 31.3 Å². The molecule has 2 aromatic rings. The van der Waals surface area contributed by atoms with Crippen molar-refractivity contribution < 1.29 is 13.2 Å². The molecular weight excluding hydrogens is 279 g/mol. The molecule has 3 nitrogen and oxygen atoms in total. The van der Waals surface area contributed by atoms with E-state index in [0.29, 0.717) is 0 Å². The molecule has 0 amide bonds. The number of benzene rings is 1. The molecule has 21 heavy (non-hydrogen) atoms. The van der Waals surface area contributed by atoms with E-state index in [1.165, 1.54) is 4.68 Å². The summed E-state index contributed by atoms with van der Waals surface area (Å²) in [5.74, 6) is -3.89. The van der Waals surface area contributed by atoms with E-state index in [2.05, 4.69) is 10.4 Å². The van der Waals surface area contributed by atoms with E-state index in [1.807, 2.05) is 20.9 Å². The molecule has 0 atom stereocenters. The van der Waals surface area contributed by atoms with E-state index in [0.717, 1.165) is 48.5 Å². The van der Waals surface area contributed by atoms with Gasteiger partial charge in [-0.15, -0.1) is 0 Å². The Kier molecular flexibility index (Phi) is 4.67. The lowest BCUT2D eigenvalue weighted by Gasteiger charge is -2.07. The van der Waals surface area contributed by atoms with Crippen LogP contribution >= 0.6 is 0 Å². The molecule has 1 aromatic carbocycles. The first-order valence-corrected chi connectivity index (χ1v) is 6.80. The lowest BCUT2D eigenvalue weighted by molar-refractivity contribution is 0.446. The molecule has 1 heterocycles. The third-order valence-electron chi connectivity index (χ3n) is 3.51. The summed E-state index contributed by atoms with van der Waals surface area (Å²) in [5.41, 5.74) is 2.87. The Morgan fingerprint density at radius 2 is 1.76 bits per heavy atom. The fourth-order valence-corrected chi connectivity index (χ4v) is 2.39. The van der Waals surface area contributed by atoms with E-state index in [-0.39, 0.29) is 5.69 Å². The van der Waals surface area contributed by atoms with Gasteiger partial charge >= 0.3 is 0 Å². The van der Waals surface area contributed by atoms with Crippen LogP contribution in [-0.4, -0.2) is 23.4 Å². The second kappa shape index (κ2) is 6.30. The first-order valence-electron chi connectivity index (χ1n) is 6.80. The number of halogens is 3. The molecule has 0 saturated heterocycles. The molecule has 0 aliphatic rings. The Hall–Kier alpha value is -1.82. The number of rotatable bonds is 5. The summed E-state index contributed by atoms with van der Waals surface area (Å²) >= 11 is 0. The van der Waals surface area contributed by atoms with Crippen LogP contribution in [0.15, 0.2) is 12.1 Å². The summed E-state index contributed by atoms with van der Waals surface area (Å²) in [5, 5.41) is 7.38. The highest BCUT2D eigenvalue weighted by Crippen LogP contribution is 2.22. The van der Waals surface area contributed by atoms with Gasteiger partial charge in [-0.05, 0) is 45.8 Å². The van der Waals surface area contributed by atoms with Gasteiger partial charge in [-0.3, -0.25) is 0 Å². The maximum Gasteiger partial charge on any atom is 0.194 e. The second-order valence-electron chi connectivity index (χ2n) is 4.99. The van der Waals surface area contributed by atoms with Crippen LogP contribution in [0.5, 0.6) is 0 Å². The minimum Gasteiger partial charge on any atom is -0.320 e. The van der Waals surface area contributed by atoms with Crippen molar-refractivity contribution in [2.45, 2.75) is 26.7 Å². The van der Waals surface area contributed by atoms with Crippen molar-refractivity contribution in [1.29, 1.82) is 0 Å². The Balaban J connectivity index is 2.39. The number of nitrogens with one attached hydrogen (secondary N) is 1. The van der Waals surface area contributed by atoms with Crippen LogP contribution in [0.25, 0.3) is 5.69 Å². The van der Waals surface area contributed by atoms with Crippen molar-refractivity contribution in [2.24, 2.45) is 0 Å².